The van der Waals surface area contributed by atoms with Crippen LogP contribution >= 0.6 is 11.8 Å². The zero-order valence-electron chi connectivity index (χ0n) is 14.5. The van der Waals surface area contributed by atoms with Gasteiger partial charge in [-0.25, -0.2) is 4.98 Å². The van der Waals surface area contributed by atoms with Crippen molar-refractivity contribution < 1.29 is 23.8 Å². The summed E-state index contributed by atoms with van der Waals surface area (Å²) in [7, 11) is 4.26. The second-order valence-electron chi connectivity index (χ2n) is 5.08. The number of methoxy groups -OCH3 is 3. The number of thioether (sulfide) groups is 1. The third kappa shape index (κ3) is 5.09. The summed E-state index contributed by atoms with van der Waals surface area (Å²) < 4.78 is 14.9. The Labute approximate surface area is 153 Å². The molecule has 26 heavy (non-hydrogen) atoms. The number of aromatic nitrogens is 2. The molecule has 9 heteroatoms. The van der Waals surface area contributed by atoms with Gasteiger partial charge >= 0.3 is 5.97 Å². The van der Waals surface area contributed by atoms with Crippen LogP contribution in [0.3, 0.4) is 0 Å². The molecule has 2 rings (SSSR count). The Kier molecular flexibility index (Phi) is 6.79. The SMILES string of the molecule is COC(=O)Cc1cc(=O)[nH]c(SCC(=O)c2ccc(OC)c(OC)c2)n1. The first-order valence-electron chi connectivity index (χ1n) is 7.52. The standard InChI is InChI=1S/C17H18N2O6S/c1-23-13-5-4-10(6-14(13)24-2)12(20)9-26-17-18-11(7-15(21)19-17)8-16(22)25-3/h4-7H,8-9H2,1-3H3,(H,18,19,21). The lowest BCUT2D eigenvalue weighted by Gasteiger charge is -2.09. The monoisotopic (exact) mass is 378 g/mol. The number of ketones is 1. The number of H-pyrrole nitrogens is 1. The van der Waals surface area contributed by atoms with Crippen LogP contribution in [0.25, 0.3) is 0 Å². The first-order chi connectivity index (χ1) is 12.5. The number of benzene rings is 1. The van der Waals surface area contributed by atoms with Crippen LogP contribution in [-0.4, -0.2) is 48.8 Å². The van der Waals surface area contributed by atoms with Crippen molar-refractivity contribution in [1.82, 2.24) is 9.97 Å². The lowest BCUT2D eigenvalue weighted by Crippen LogP contribution is -2.14. The van der Waals surface area contributed by atoms with E-state index in [-0.39, 0.29) is 28.8 Å². The Balaban J connectivity index is 2.09. The summed E-state index contributed by atoms with van der Waals surface area (Å²) in [5.41, 5.74) is 0.324. The number of nitrogens with one attached hydrogen (secondary N) is 1. The lowest BCUT2D eigenvalue weighted by molar-refractivity contribution is -0.139. The molecule has 2 aromatic rings. The first kappa shape index (κ1) is 19.5. The molecule has 0 radical (unpaired) electrons. The predicted molar refractivity (Wildman–Crippen MR) is 95.2 cm³/mol. The van der Waals surface area contributed by atoms with Crippen LogP contribution in [0.5, 0.6) is 11.5 Å². The van der Waals surface area contributed by atoms with E-state index in [1.54, 1.807) is 18.2 Å². The van der Waals surface area contributed by atoms with E-state index < -0.39 is 11.5 Å². The molecule has 8 nitrogen and oxygen atoms in total. The van der Waals surface area contributed by atoms with E-state index in [2.05, 4.69) is 14.7 Å². The number of hydrogen-bond acceptors (Lipinski definition) is 8. The average molecular weight is 378 g/mol. The quantitative estimate of drug-likeness (QED) is 0.318. The number of Topliss-reactive ketones (excluding diaryl/α,β-unsaturated/α-hetero) is 1. The van der Waals surface area contributed by atoms with Crippen LogP contribution in [-0.2, 0) is 16.0 Å². The molecule has 1 aromatic carbocycles. The molecule has 0 unspecified atom stereocenters. The summed E-state index contributed by atoms with van der Waals surface area (Å²) in [6.07, 6.45) is -0.113. The van der Waals surface area contributed by atoms with E-state index in [1.165, 1.54) is 27.4 Å². The van der Waals surface area contributed by atoms with Crippen LogP contribution in [0.15, 0.2) is 34.2 Å². The van der Waals surface area contributed by atoms with Gasteiger partial charge in [-0.05, 0) is 18.2 Å². The van der Waals surface area contributed by atoms with Crippen molar-refractivity contribution in [3.8, 4) is 11.5 Å². The van der Waals surface area contributed by atoms with E-state index in [4.69, 9.17) is 9.47 Å². The molecule has 0 spiro atoms. The first-order valence-corrected chi connectivity index (χ1v) is 8.50. The highest BCUT2D eigenvalue weighted by atomic mass is 32.2. The largest absolute Gasteiger partial charge is 0.493 e. The molecule has 1 N–H and O–H groups in total. The van der Waals surface area contributed by atoms with E-state index in [0.717, 1.165) is 11.8 Å². The summed E-state index contributed by atoms with van der Waals surface area (Å²) in [6.45, 7) is 0. The Morgan fingerprint density at radius 3 is 2.50 bits per heavy atom. The maximum Gasteiger partial charge on any atom is 0.311 e. The highest BCUT2D eigenvalue weighted by molar-refractivity contribution is 7.99. The number of ether oxygens (including phenoxy) is 3. The van der Waals surface area contributed by atoms with Gasteiger partial charge in [0, 0.05) is 11.6 Å². The second kappa shape index (κ2) is 9.04. The smallest absolute Gasteiger partial charge is 0.311 e. The van der Waals surface area contributed by atoms with Gasteiger partial charge in [-0.3, -0.25) is 14.4 Å². The normalized spacial score (nSPS) is 10.3. The van der Waals surface area contributed by atoms with Gasteiger partial charge in [-0.15, -0.1) is 0 Å². The molecule has 0 saturated heterocycles. The molecule has 0 saturated carbocycles. The van der Waals surface area contributed by atoms with E-state index in [0.29, 0.717) is 17.1 Å². The minimum Gasteiger partial charge on any atom is -0.493 e. The van der Waals surface area contributed by atoms with E-state index in [9.17, 15) is 14.4 Å². The number of hydrogen-bond donors (Lipinski definition) is 1. The van der Waals surface area contributed by atoms with Crippen molar-refractivity contribution in [2.75, 3.05) is 27.1 Å². The molecule has 1 heterocycles. The summed E-state index contributed by atoms with van der Waals surface area (Å²) in [4.78, 5) is 42.0. The highest BCUT2D eigenvalue weighted by Gasteiger charge is 2.13. The molecule has 138 valence electrons. The van der Waals surface area contributed by atoms with Gasteiger partial charge in [0.05, 0.1) is 39.2 Å². The van der Waals surface area contributed by atoms with Crippen LogP contribution in [0, 0.1) is 0 Å². The fourth-order valence-corrected chi connectivity index (χ4v) is 2.88. The van der Waals surface area contributed by atoms with Crippen molar-refractivity contribution >= 4 is 23.5 Å². The molecule has 0 bridgehead atoms. The van der Waals surface area contributed by atoms with Crippen LogP contribution < -0.4 is 15.0 Å². The fraction of sp³-hybridized carbons (Fsp3) is 0.294. The molecule has 0 aliphatic rings. The summed E-state index contributed by atoms with van der Waals surface area (Å²) in [5.74, 6) is 0.366. The maximum atomic E-state index is 12.4. The zero-order valence-corrected chi connectivity index (χ0v) is 15.3. The van der Waals surface area contributed by atoms with Crippen molar-refractivity contribution in [1.29, 1.82) is 0 Å². The Hall–Kier alpha value is -2.81. The van der Waals surface area contributed by atoms with Crippen molar-refractivity contribution in [3.63, 3.8) is 0 Å². The molecule has 0 aliphatic heterocycles. The van der Waals surface area contributed by atoms with Gasteiger partial charge in [0.2, 0.25) is 0 Å². The molecule has 1 aromatic heterocycles. The van der Waals surface area contributed by atoms with Crippen LogP contribution in [0.4, 0.5) is 0 Å². The predicted octanol–water partition coefficient (Wildman–Crippen LogP) is 1.48. The third-order valence-electron chi connectivity index (χ3n) is 3.37. The highest BCUT2D eigenvalue weighted by Crippen LogP contribution is 2.28. The average Bonchev–Trinajstić information content (AvgIpc) is 2.64. The van der Waals surface area contributed by atoms with E-state index in [1.807, 2.05) is 0 Å². The molecule has 0 aliphatic carbocycles. The third-order valence-corrected chi connectivity index (χ3v) is 4.24. The lowest BCUT2D eigenvalue weighted by atomic mass is 10.1. The van der Waals surface area contributed by atoms with Gasteiger partial charge in [0.25, 0.3) is 5.56 Å². The van der Waals surface area contributed by atoms with Crippen molar-refractivity contribution in [2.24, 2.45) is 0 Å². The molecule has 0 atom stereocenters. The topological polar surface area (TPSA) is 108 Å². The molecule has 0 fully saturated rings. The van der Waals surface area contributed by atoms with Crippen LogP contribution in [0.2, 0.25) is 0 Å². The van der Waals surface area contributed by atoms with Gasteiger partial charge in [0.1, 0.15) is 0 Å². The van der Waals surface area contributed by atoms with Gasteiger partial charge in [0.15, 0.2) is 22.4 Å². The number of rotatable bonds is 8. The maximum absolute atomic E-state index is 12.4. The second-order valence-corrected chi connectivity index (χ2v) is 6.04. The molecular weight excluding hydrogens is 360 g/mol. The molecule has 0 amide bonds. The summed E-state index contributed by atoms with van der Waals surface area (Å²) >= 11 is 1.07. The number of carbonyl (C=O) groups excluding carboxylic acids is 2. The summed E-state index contributed by atoms with van der Waals surface area (Å²) in [6, 6.07) is 6.09. The van der Waals surface area contributed by atoms with Crippen LogP contribution in [0.1, 0.15) is 16.1 Å². The summed E-state index contributed by atoms with van der Waals surface area (Å²) in [5, 5.41) is 0.255. The zero-order chi connectivity index (χ0) is 19.1. The van der Waals surface area contributed by atoms with Crippen molar-refractivity contribution in [2.45, 2.75) is 11.6 Å². The number of esters is 1. The van der Waals surface area contributed by atoms with Gasteiger partial charge in [-0.1, -0.05) is 11.8 Å². The van der Waals surface area contributed by atoms with Gasteiger partial charge in [-0.2, -0.15) is 0 Å². The van der Waals surface area contributed by atoms with Crippen molar-refractivity contribution in [3.05, 3.63) is 45.9 Å². The fourth-order valence-electron chi connectivity index (χ4n) is 2.09. The Morgan fingerprint density at radius 1 is 1.12 bits per heavy atom. The number of nitrogens with zero attached hydrogens (tertiary/aromatic N) is 1. The Bertz CT molecular complexity index is 865. The Morgan fingerprint density at radius 2 is 1.85 bits per heavy atom. The minimum absolute atomic E-state index is 0.0557. The van der Waals surface area contributed by atoms with E-state index >= 15 is 0 Å². The number of aromatic amines is 1. The van der Waals surface area contributed by atoms with Gasteiger partial charge < -0.3 is 19.2 Å². The minimum atomic E-state index is -0.500. The molecular formula is C17H18N2O6S. The number of carbonyl (C=O) groups is 2.